The smallest absolute Gasteiger partial charge is 0.137 e. The number of hydrogen-bond acceptors (Lipinski definition) is 5. The van der Waals surface area contributed by atoms with Crippen molar-refractivity contribution in [3.63, 3.8) is 0 Å². The first-order chi connectivity index (χ1) is 12.7. The molecule has 0 saturated heterocycles. The van der Waals surface area contributed by atoms with Crippen molar-refractivity contribution in [2.75, 3.05) is 0 Å². The van der Waals surface area contributed by atoms with Crippen LogP contribution in [0.3, 0.4) is 0 Å². The molecule has 0 unspecified atom stereocenters. The summed E-state index contributed by atoms with van der Waals surface area (Å²) in [5.41, 5.74) is 2.78. The number of rotatable bonds is 8. The van der Waals surface area contributed by atoms with Crippen LogP contribution in [0.1, 0.15) is 23.6 Å². The van der Waals surface area contributed by atoms with Crippen molar-refractivity contribution < 1.29 is 4.74 Å². The van der Waals surface area contributed by atoms with E-state index in [1.807, 2.05) is 41.1 Å². The molecule has 3 rings (SSSR count). The number of hydrogen-bond donors (Lipinski definition) is 1. The van der Waals surface area contributed by atoms with Gasteiger partial charge in [-0.25, -0.2) is 4.98 Å². The van der Waals surface area contributed by atoms with Crippen LogP contribution in [0.5, 0.6) is 5.75 Å². The molecule has 0 aliphatic rings. The zero-order valence-electron chi connectivity index (χ0n) is 14.7. The van der Waals surface area contributed by atoms with Crippen molar-refractivity contribution in [1.29, 1.82) is 5.26 Å². The third kappa shape index (κ3) is 5.16. The summed E-state index contributed by atoms with van der Waals surface area (Å²) in [5, 5.41) is 16.6. The van der Waals surface area contributed by atoms with E-state index in [9.17, 15) is 0 Å². The lowest BCUT2D eigenvalue weighted by Crippen LogP contribution is -2.30. The fraction of sp³-hybridized carbons (Fsp3) is 0.250. The highest BCUT2D eigenvalue weighted by Crippen LogP contribution is 2.16. The van der Waals surface area contributed by atoms with Crippen molar-refractivity contribution >= 4 is 0 Å². The predicted molar refractivity (Wildman–Crippen MR) is 98.3 cm³/mol. The quantitative estimate of drug-likeness (QED) is 0.678. The number of ether oxygens (including phenoxy) is 1. The number of nitrogens with zero attached hydrogens (tertiary/aromatic N) is 4. The zero-order chi connectivity index (χ0) is 18.2. The minimum absolute atomic E-state index is 0.273. The van der Waals surface area contributed by atoms with E-state index in [2.05, 4.69) is 34.5 Å². The van der Waals surface area contributed by atoms with Crippen LogP contribution >= 0.6 is 0 Å². The Hall–Kier alpha value is -3.17. The Morgan fingerprint density at radius 1 is 1.19 bits per heavy atom. The first kappa shape index (κ1) is 17.6. The summed E-state index contributed by atoms with van der Waals surface area (Å²) >= 11 is 0. The highest BCUT2D eigenvalue weighted by molar-refractivity contribution is 5.33. The van der Waals surface area contributed by atoms with Gasteiger partial charge in [-0.3, -0.25) is 4.68 Å². The van der Waals surface area contributed by atoms with Gasteiger partial charge >= 0.3 is 0 Å². The fourth-order valence-electron chi connectivity index (χ4n) is 2.61. The Bertz CT molecular complexity index is 870. The van der Waals surface area contributed by atoms with Crippen LogP contribution in [0, 0.1) is 11.3 Å². The van der Waals surface area contributed by atoms with E-state index >= 15 is 0 Å². The summed E-state index contributed by atoms with van der Waals surface area (Å²) in [6.07, 6.45) is 3.26. The van der Waals surface area contributed by atoms with Crippen LogP contribution in [-0.4, -0.2) is 20.8 Å². The molecule has 3 aromatic rings. The second-order valence-electron chi connectivity index (χ2n) is 6.15. The maximum Gasteiger partial charge on any atom is 0.137 e. The first-order valence-corrected chi connectivity index (χ1v) is 8.49. The van der Waals surface area contributed by atoms with Gasteiger partial charge in [0.05, 0.1) is 18.2 Å². The van der Waals surface area contributed by atoms with Crippen molar-refractivity contribution in [1.82, 2.24) is 20.1 Å². The first-order valence-electron chi connectivity index (χ1n) is 8.49. The molecule has 0 aliphatic carbocycles. The summed E-state index contributed by atoms with van der Waals surface area (Å²) in [6.45, 7) is 4.07. The third-order valence-corrected chi connectivity index (χ3v) is 3.94. The van der Waals surface area contributed by atoms with E-state index in [-0.39, 0.29) is 6.04 Å². The van der Waals surface area contributed by atoms with Gasteiger partial charge in [0.2, 0.25) is 0 Å². The molecular formula is C20H21N5O. The molecule has 26 heavy (non-hydrogen) atoms. The Labute approximate surface area is 153 Å². The van der Waals surface area contributed by atoms with Crippen molar-refractivity contribution in [2.24, 2.45) is 0 Å². The summed E-state index contributed by atoms with van der Waals surface area (Å²) < 4.78 is 7.68. The second-order valence-corrected chi connectivity index (χ2v) is 6.15. The molecule has 0 fully saturated rings. The standard InChI is InChI=1S/C20H21N5O/c1-16(12-25-15-22-14-24-25)23-11-18-5-3-7-20(9-18)26-13-19-6-2-4-17(8-19)10-21/h2-9,14-16,23H,11-13H2,1H3/t16-/m1/s1. The molecule has 0 aliphatic heterocycles. The van der Waals surface area contributed by atoms with Gasteiger partial charge in [0.25, 0.3) is 0 Å². The minimum atomic E-state index is 0.273. The van der Waals surface area contributed by atoms with Gasteiger partial charge in [-0.2, -0.15) is 10.4 Å². The highest BCUT2D eigenvalue weighted by Gasteiger charge is 2.04. The molecule has 1 N–H and O–H groups in total. The van der Waals surface area contributed by atoms with E-state index in [1.165, 1.54) is 0 Å². The molecule has 1 aromatic heterocycles. The number of benzene rings is 2. The van der Waals surface area contributed by atoms with E-state index < -0.39 is 0 Å². The average molecular weight is 347 g/mol. The van der Waals surface area contributed by atoms with Crippen LogP contribution in [0.25, 0.3) is 0 Å². The predicted octanol–water partition coefficient (Wildman–Crippen LogP) is 2.91. The monoisotopic (exact) mass is 347 g/mol. The van der Waals surface area contributed by atoms with Gasteiger partial charge in [0.15, 0.2) is 0 Å². The molecule has 1 atom stereocenters. The van der Waals surface area contributed by atoms with Crippen molar-refractivity contribution in [3.05, 3.63) is 77.9 Å². The largest absolute Gasteiger partial charge is 0.489 e. The lowest BCUT2D eigenvalue weighted by Gasteiger charge is -2.14. The molecule has 0 amide bonds. The number of aromatic nitrogens is 3. The van der Waals surface area contributed by atoms with Gasteiger partial charge < -0.3 is 10.1 Å². The maximum atomic E-state index is 8.96. The zero-order valence-corrected chi connectivity index (χ0v) is 14.7. The van der Waals surface area contributed by atoms with E-state index in [0.717, 1.165) is 30.0 Å². The van der Waals surface area contributed by atoms with E-state index in [0.29, 0.717) is 12.2 Å². The molecule has 0 bridgehead atoms. The van der Waals surface area contributed by atoms with Crippen LogP contribution in [-0.2, 0) is 19.7 Å². The lowest BCUT2D eigenvalue weighted by molar-refractivity contribution is 0.305. The second kappa shape index (κ2) is 8.79. The normalized spacial score (nSPS) is 11.7. The lowest BCUT2D eigenvalue weighted by atomic mass is 10.1. The van der Waals surface area contributed by atoms with Gasteiger partial charge in [-0.15, -0.1) is 0 Å². The van der Waals surface area contributed by atoms with Gasteiger partial charge in [0.1, 0.15) is 25.0 Å². The van der Waals surface area contributed by atoms with Gasteiger partial charge in [-0.05, 0) is 42.3 Å². The molecule has 0 radical (unpaired) electrons. The van der Waals surface area contributed by atoms with Crippen LogP contribution in [0.2, 0.25) is 0 Å². The van der Waals surface area contributed by atoms with Gasteiger partial charge in [-0.1, -0.05) is 24.3 Å². The van der Waals surface area contributed by atoms with E-state index in [1.54, 1.807) is 18.7 Å². The average Bonchev–Trinajstić information content (AvgIpc) is 3.18. The SMILES string of the molecule is C[C@H](Cn1cncn1)NCc1cccc(OCc2cccc(C#N)c2)c1. The highest BCUT2D eigenvalue weighted by atomic mass is 16.5. The maximum absolute atomic E-state index is 8.96. The fourth-order valence-corrected chi connectivity index (χ4v) is 2.61. The Balaban J connectivity index is 1.52. The summed E-state index contributed by atoms with van der Waals surface area (Å²) in [5.74, 6) is 0.815. The van der Waals surface area contributed by atoms with Gasteiger partial charge in [0, 0.05) is 12.6 Å². The minimum Gasteiger partial charge on any atom is -0.489 e. The van der Waals surface area contributed by atoms with Crippen LogP contribution in [0.15, 0.2) is 61.2 Å². The summed E-state index contributed by atoms with van der Waals surface area (Å²) in [7, 11) is 0. The molecule has 0 saturated carbocycles. The molecule has 1 heterocycles. The van der Waals surface area contributed by atoms with Crippen LogP contribution < -0.4 is 10.1 Å². The number of nitriles is 1. The topological polar surface area (TPSA) is 75.8 Å². The molecule has 6 nitrogen and oxygen atoms in total. The summed E-state index contributed by atoms with van der Waals surface area (Å²) in [6, 6.07) is 17.9. The number of nitrogens with one attached hydrogen (secondary N) is 1. The molecule has 132 valence electrons. The van der Waals surface area contributed by atoms with Crippen LogP contribution in [0.4, 0.5) is 0 Å². The van der Waals surface area contributed by atoms with Crippen molar-refractivity contribution in [2.45, 2.75) is 32.7 Å². The molecule has 2 aromatic carbocycles. The Morgan fingerprint density at radius 3 is 2.85 bits per heavy atom. The van der Waals surface area contributed by atoms with E-state index in [4.69, 9.17) is 10.00 Å². The molecular weight excluding hydrogens is 326 g/mol. The van der Waals surface area contributed by atoms with Crippen molar-refractivity contribution in [3.8, 4) is 11.8 Å². The Morgan fingerprint density at radius 2 is 2.04 bits per heavy atom. The molecule has 6 heteroatoms. The molecule has 0 spiro atoms. The Kier molecular flexibility index (Phi) is 5.96. The summed E-state index contributed by atoms with van der Waals surface area (Å²) in [4.78, 5) is 3.95. The third-order valence-electron chi connectivity index (χ3n) is 3.94.